The first kappa shape index (κ1) is 9.44. The van der Waals surface area contributed by atoms with Crippen LogP contribution in [0.4, 0.5) is 5.82 Å². The van der Waals surface area contributed by atoms with Crippen LogP contribution >= 0.6 is 0 Å². The fourth-order valence-corrected chi connectivity index (χ4v) is 1.95. The van der Waals surface area contributed by atoms with Crippen LogP contribution in [-0.4, -0.2) is 15.5 Å². The van der Waals surface area contributed by atoms with Gasteiger partial charge < -0.3 is 5.32 Å². The lowest BCUT2D eigenvalue weighted by Gasteiger charge is -2.42. The van der Waals surface area contributed by atoms with E-state index in [2.05, 4.69) is 22.2 Å². The van der Waals surface area contributed by atoms with E-state index in [9.17, 15) is 0 Å². The zero-order valence-corrected chi connectivity index (χ0v) is 8.88. The second kappa shape index (κ2) is 3.56. The molecule has 0 spiro atoms. The average Bonchev–Trinajstić information content (AvgIpc) is 2.14. The minimum atomic E-state index is 0.306. The molecule has 76 valence electrons. The second-order valence-corrected chi connectivity index (χ2v) is 4.10. The first-order valence-corrected chi connectivity index (χ1v) is 5.31. The zero-order valence-electron chi connectivity index (χ0n) is 8.88. The molecule has 0 aromatic carbocycles. The zero-order chi connectivity index (χ0) is 10.0. The lowest BCUT2D eigenvalue weighted by Crippen LogP contribution is -2.44. The van der Waals surface area contributed by atoms with Crippen LogP contribution in [0.2, 0.25) is 0 Å². The highest BCUT2D eigenvalue weighted by Gasteiger charge is 2.35. The maximum Gasteiger partial charge on any atom is 0.147 e. The van der Waals surface area contributed by atoms with Crippen molar-refractivity contribution in [3.8, 4) is 0 Å². The molecule has 3 nitrogen and oxygen atoms in total. The van der Waals surface area contributed by atoms with Gasteiger partial charge in [0, 0.05) is 17.9 Å². The minimum Gasteiger partial charge on any atom is -0.363 e. The molecule has 0 radical (unpaired) electrons. The Kier molecular flexibility index (Phi) is 2.40. The van der Waals surface area contributed by atoms with Crippen molar-refractivity contribution >= 4 is 5.82 Å². The van der Waals surface area contributed by atoms with E-state index < -0.39 is 0 Å². The molecule has 1 aromatic heterocycles. The Balaban J connectivity index is 2.13. The summed E-state index contributed by atoms with van der Waals surface area (Å²) in [6.07, 6.45) is 8.51. The van der Waals surface area contributed by atoms with Gasteiger partial charge in [-0.25, -0.2) is 4.98 Å². The van der Waals surface area contributed by atoms with Gasteiger partial charge in [-0.15, -0.1) is 0 Å². The summed E-state index contributed by atoms with van der Waals surface area (Å²) in [4.78, 5) is 8.55. The Morgan fingerprint density at radius 1 is 1.36 bits per heavy atom. The summed E-state index contributed by atoms with van der Waals surface area (Å²) in [6, 6.07) is 0. The van der Waals surface area contributed by atoms with E-state index in [1.165, 1.54) is 25.7 Å². The molecule has 0 unspecified atom stereocenters. The van der Waals surface area contributed by atoms with E-state index in [0.29, 0.717) is 5.54 Å². The average molecular weight is 191 g/mol. The number of aromatic nitrogens is 2. The number of aryl methyl sites for hydroxylation is 1. The van der Waals surface area contributed by atoms with Gasteiger partial charge in [0.05, 0.1) is 5.69 Å². The molecule has 1 aliphatic carbocycles. The number of anilines is 1. The number of nitrogens with one attached hydrogen (secondary N) is 1. The standard InChI is InChI=1S/C11H17N3/c1-3-11(5-4-6-11)14-10-9(2)12-7-8-13-10/h7-8H,3-6H2,1-2H3,(H,13,14). The number of rotatable bonds is 3. The topological polar surface area (TPSA) is 37.8 Å². The highest BCUT2D eigenvalue weighted by atomic mass is 15.1. The first-order chi connectivity index (χ1) is 6.76. The Morgan fingerprint density at radius 2 is 2.07 bits per heavy atom. The predicted molar refractivity (Wildman–Crippen MR) is 57.3 cm³/mol. The smallest absolute Gasteiger partial charge is 0.147 e. The van der Waals surface area contributed by atoms with Crippen LogP contribution in [0.15, 0.2) is 12.4 Å². The highest BCUT2D eigenvalue weighted by Crippen LogP contribution is 2.37. The highest BCUT2D eigenvalue weighted by molar-refractivity contribution is 5.42. The van der Waals surface area contributed by atoms with Gasteiger partial charge in [-0.1, -0.05) is 6.92 Å². The SMILES string of the molecule is CCC1(Nc2nccnc2C)CCC1. The van der Waals surface area contributed by atoms with Crippen molar-refractivity contribution in [2.45, 2.75) is 45.1 Å². The molecule has 1 fully saturated rings. The molecule has 14 heavy (non-hydrogen) atoms. The Morgan fingerprint density at radius 3 is 2.57 bits per heavy atom. The summed E-state index contributed by atoms with van der Waals surface area (Å²) in [7, 11) is 0. The van der Waals surface area contributed by atoms with Crippen molar-refractivity contribution in [2.24, 2.45) is 0 Å². The van der Waals surface area contributed by atoms with Gasteiger partial charge in [-0.3, -0.25) is 4.98 Å². The van der Waals surface area contributed by atoms with E-state index in [4.69, 9.17) is 0 Å². The summed E-state index contributed by atoms with van der Waals surface area (Å²) in [5.41, 5.74) is 1.30. The summed E-state index contributed by atoms with van der Waals surface area (Å²) >= 11 is 0. The molecule has 0 bridgehead atoms. The molecular formula is C11H17N3. The second-order valence-electron chi connectivity index (χ2n) is 4.10. The third kappa shape index (κ3) is 1.59. The summed E-state index contributed by atoms with van der Waals surface area (Å²) in [6.45, 7) is 4.23. The van der Waals surface area contributed by atoms with Crippen molar-refractivity contribution in [3.63, 3.8) is 0 Å². The van der Waals surface area contributed by atoms with Gasteiger partial charge >= 0.3 is 0 Å². The van der Waals surface area contributed by atoms with E-state index in [1.54, 1.807) is 12.4 Å². The van der Waals surface area contributed by atoms with Crippen molar-refractivity contribution in [3.05, 3.63) is 18.1 Å². The van der Waals surface area contributed by atoms with Crippen LogP contribution in [-0.2, 0) is 0 Å². The van der Waals surface area contributed by atoms with E-state index in [0.717, 1.165) is 11.5 Å². The van der Waals surface area contributed by atoms with Gasteiger partial charge in [-0.05, 0) is 32.6 Å². The normalized spacial score (nSPS) is 18.7. The quantitative estimate of drug-likeness (QED) is 0.797. The Labute approximate surface area is 85.0 Å². The Hall–Kier alpha value is -1.12. The van der Waals surface area contributed by atoms with Crippen LogP contribution in [0, 0.1) is 6.92 Å². The van der Waals surface area contributed by atoms with Gasteiger partial charge in [0.15, 0.2) is 0 Å². The molecule has 2 rings (SSSR count). The predicted octanol–water partition coefficient (Wildman–Crippen LogP) is 2.53. The van der Waals surface area contributed by atoms with Crippen LogP contribution < -0.4 is 5.32 Å². The fraction of sp³-hybridized carbons (Fsp3) is 0.636. The number of nitrogens with zero attached hydrogens (tertiary/aromatic N) is 2. The van der Waals surface area contributed by atoms with Gasteiger partial charge in [0.1, 0.15) is 5.82 Å². The largest absolute Gasteiger partial charge is 0.363 e. The Bertz CT molecular complexity index is 313. The molecule has 0 aliphatic heterocycles. The van der Waals surface area contributed by atoms with Gasteiger partial charge in [0.25, 0.3) is 0 Å². The molecular weight excluding hydrogens is 174 g/mol. The molecule has 1 aromatic rings. The minimum absolute atomic E-state index is 0.306. The molecule has 1 aliphatic rings. The summed E-state index contributed by atoms with van der Waals surface area (Å²) in [5, 5.41) is 3.54. The third-order valence-electron chi connectivity index (χ3n) is 3.25. The van der Waals surface area contributed by atoms with E-state index in [1.807, 2.05) is 6.92 Å². The summed E-state index contributed by atoms with van der Waals surface area (Å²) < 4.78 is 0. The third-order valence-corrected chi connectivity index (χ3v) is 3.25. The maximum atomic E-state index is 4.32. The van der Waals surface area contributed by atoms with Gasteiger partial charge in [-0.2, -0.15) is 0 Å². The first-order valence-electron chi connectivity index (χ1n) is 5.31. The lowest BCUT2D eigenvalue weighted by molar-refractivity contribution is 0.268. The van der Waals surface area contributed by atoms with Crippen molar-refractivity contribution in [1.82, 2.24) is 9.97 Å². The van der Waals surface area contributed by atoms with E-state index >= 15 is 0 Å². The van der Waals surface area contributed by atoms with Crippen LogP contribution in [0.1, 0.15) is 38.3 Å². The fourth-order valence-electron chi connectivity index (χ4n) is 1.95. The molecule has 0 saturated heterocycles. The van der Waals surface area contributed by atoms with Gasteiger partial charge in [0.2, 0.25) is 0 Å². The van der Waals surface area contributed by atoms with Crippen molar-refractivity contribution < 1.29 is 0 Å². The van der Waals surface area contributed by atoms with Crippen molar-refractivity contribution in [1.29, 1.82) is 0 Å². The number of hydrogen-bond acceptors (Lipinski definition) is 3. The number of hydrogen-bond donors (Lipinski definition) is 1. The maximum absolute atomic E-state index is 4.32. The van der Waals surface area contributed by atoms with Crippen LogP contribution in [0.5, 0.6) is 0 Å². The molecule has 1 heterocycles. The van der Waals surface area contributed by atoms with Crippen LogP contribution in [0.3, 0.4) is 0 Å². The van der Waals surface area contributed by atoms with E-state index in [-0.39, 0.29) is 0 Å². The lowest BCUT2D eigenvalue weighted by atomic mass is 9.75. The summed E-state index contributed by atoms with van der Waals surface area (Å²) in [5.74, 6) is 0.953. The van der Waals surface area contributed by atoms with Crippen molar-refractivity contribution in [2.75, 3.05) is 5.32 Å². The molecule has 1 N–H and O–H groups in total. The molecule has 0 amide bonds. The molecule has 3 heteroatoms. The monoisotopic (exact) mass is 191 g/mol. The molecule has 0 atom stereocenters. The van der Waals surface area contributed by atoms with Crippen LogP contribution in [0.25, 0.3) is 0 Å². The molecule has 1 saturated carbocycles.